The zero-order chi connectivity index (χ0) is 9.40. The van der Waals surface area contributed by atoms with Crippen LogP contribution in [0.15, 0.2) is 23.8 Å². The monoisotopic (exact) mass is 170 g/mol. The quantitative estimate of drug-likeness (QED) is 0.589. The molecule has 0 spiro atoms. The van der Waals surface area contributed by atoms with Gasteiger partial charge >= 0.3 is 0 Å². The Bertz CT molecular complexity index is 159. The molecule has 0 rings (SSSR count). The van der Waals surface area contributed by atoms with Gasteiger partial charge in [0.1, 0.15) is 0 Å². The average molecular weight is 170 g/mol. The van der Waals surface area contributed by atoms with Crippen LogP contribution in [0.1, 0.15) is 13.8 Å². The summed E-state index contributed by atoms with van der Waals surface area (Å²) in [5.41, 5.74) is 1.20. The molecule has 0 fully saturated rings. The van der Waals surface area contributed by atoms with Gasteiger partial charge in [-0.15, -0.1) is 0 Å². The highest BCUT2D eigenvalue weighted by Gasteiger charge is 1.91. The Morgan fingerprint density at radius 1 is 1.42 bits per heavy atom. The predicted molar refractivity (Wildman–Crippen MR) is 51.2 cm³/mol. The first-order valence-corrected chi connectivity index (χ1v) is 4.07. The van der Waals surface area contributed by atoms with Crippen LogP contribution in [0, 0.1) is 0 Å². The van der Waals surface area contributed by atoms with E-state index in [0.29, 0.717) is 6.61 Å². The number of hydrogen-bond acceptors (Lipinski definition) is 2. The minimum atomic E-state index is 0.178. The standard InChI is InChI=1S/C10H18O2/c1-9(6-5-7-11-3)8-10(2)12-4/h5-6,8,10H,7H2,1-4H3/b6-5-,9-8-. The van der Waals surface area contributed by atoms with Gasteiger partial charge in [-0.25, -0.2) is 0 Å². The maximum absolute atomic E-state index is 5.09. The molecule has 0 saturated heterocycles. The summed E-state index contributed by atoms with van der Waals surface area (Å²) >= 11 is 0. The van der Waals surface area contributed by atoms with Gasteiger partial charge in [0.05, 0.1) is 12.7 Å². The minimum absolute atomic E-state index is 0.178. The normalized spacial score (nSPS) is 15.5. The van der Waals surface area contributed by atoms with Gasteiger partial charge in [0.15, 0.2) is 0 Å². The summed E-state index contributed by atoms with van der Waals surface area (Å²) in [6, 6.07) is 0. The first kappa shape index (κ1) is 11.4. The molecule has 0 heterocycles. The lowest BCUT2D eigenvalue weighted by Gasteiger charge is -2.02. The summed E-state index contributed by atoms with van der Waals surface area (Å²) in [4.78, 5) is 0. The molecule has 0 aromatic heterocycles. The predicted octanol–water partition coefficient (Wildman–Crippen LogP) is 2.17. The Morgan fingerprint density at radius 3 is 2.58 bits per heavy atom. The van der Waals surface area contributed by atoms with Crippen LogP contribution in [-0.4, -0.2) is 26.9 Å². The molecule has 0 saturated carbocycles. The van der Waals surface area contributed by atoms with Crippen molar-refractivity contribution in [2.45, 2.75) is 20.0 Å². The van der Waals surface area contributed by atoms with Crippen LogP contribution in [-0.2, 0) is 9.47 Å². The van der Waals surface area contributed by atoms with Crippen molar-refractivity contribution in [3.63, 3.8) is 0 Å². The molecule has 0 aromatic carbocycles. The molecule has 0 aliphatic heterocycles. The SMILES string of the molecule is COC/C=C\C(C)=C/C(C)OC. The van der Waals surface area contributed by atoms with Crippen molar-refractivity contribution in [1.29, 1.82) is 0 Å². The van der Waals surface area contributed by atoms with Gasteiger partial charge in [0.25, 0.3) is 0 Å². The highest BCUT2D eigenvalue weighted by molar-refractivity contribution is 5.17. The number of allylic oxidation sites excluding steroid dienone is 2. The second-order valence-corrected chi connectivity index (χ2v) is 2.71. The molecule has 12 heavy (non-hydrogen) atoms. The van der Waals surface area contributed by atoms with E-state index in [2.05, 4.69) is 6.08 Å². The number of methoxy groups -OCH3 is 2. The second kappa shape index (κ2) is 7.07. The van der Waals surface area contributed by atoms with E-state index in [1.165, 1.54) is 5.57 Å². The van der Waals surface area contributed by atoms with Crippen molar-refractivity contribution in [2.75, 3.05) is 20.8 Å². The molecule has 0 bridgehead atoms. The molecule has 0 aliphatic rings. The molecule has 0 amide bonds. The third-order valence-electron chi connectivity index (χ3n) is 1.51. The Hall–Kier alpha value is -0.600. The topological polar surface area (TPSA) is 18.5 Å². The largest absolute Gasteiger partial charge is 0.381 e. The molecule has 0 aliphatic carbocycles. The fourth-order valence-electron chi connectivity index (χ4n) is 0.824. The molecular weight excluding hydrogens is 152 g/mol. The summed E-state index contributed by atoms with van der Waals surface area (Å²) in [7, 11) is 3.38. The first-order chi connectivity index (χ1) is 5.70. The Balaban J connectivity index is 3.84. The van der Waals surface area contributed by atoms with Gasteiger partial charge in [-0.05, 0) is 13.8 Å². The van der Waals surface area contributed by atoms with Crippen LogP contribution < -0.4 is 0 Å². The maximum Gasteiger partial charge on any atom is 0.0729 e. The van der Waals surface area contributed by atoms with E-state index in [-0.39, 0.29) is 6.10 Å². The summed E-state index contributed by atoms with van der Waals surface area (Å²) < 4.78 is 9.96. The molecule has 1 atom stereocenters. The van der Waals surface area contributed by atoms with E-state index in [0.717, 1.165) is 0 Å². The maximum atomic E-state index is 5.09. The molecule has 0 aromatic rings. The van der Waals surface area contributed by atoms with Gasteiger partial charge in [-0.2, -0.15) is 0 Å². The molecule has 2 nitrogen and oxygen atoms in total. The van der Waals surface area contributed by atoms with E-state index >= 15 is 0 Å². The molecule has 70 valence electrons. The smallest absolute Gasteiger partial charge is 0.0729 e. The lowest BCUT2D eigenvalue weighted by atomic mass is 10.2. The lowest BCUT2D eigenvalue weighted by molar-refractivity contribution is 0.156. The van der Waals surface area contributed by atoms with Crippen LogP contribution >= 0.6 is 0 Å². The van der Waals surface area contributed by atoms with E-state index in [4.69, 9.17) is 9.47 Å². The highest BCUT2D eigenvalue weighted by atomic mass is 16.5. The van der Waals surface area contributed by atoms with Gasteiger partial charge in [-0.1, -0.05) is 23.8 Å². The average Bonchev–Trinajstić information content (AvgIpc) is 2.05. The van der Waals surface area contributed by atoms with E-state index < -0.39 is 0 Å². The van der Waals surface area contributed by atoms with Crippen molar-refractivity contribution >= 4 is 0 Å². The van der Waals surface area contributed by atoms with Crippen molar-refractivity contribution in [1.82, 2.24) is 0 Å². The molecule has 2 heteroatoms. The van der Waals surface area contributed by atoms with Gasteiger partial charge in [-0.3, -0.25) is 0 Å². The summed E-state index contributed by atoms with van der Waals surface area (Å²) in [6.07, 6.45) is 6.25. The van der Waals surface area contributed by atoms with Gasteiger partial charge in [0.2, 0.25) is 0 Å². The number of hydrogen-bond donors (Lipinski definition) is 0. The molecule has 0 N–H and O–H groups in total. The minimum Gasteiger partial charge on any atom is -0.381 e. The zero-order valence-corrected chi connectivity index (χ0v) is 8.33. The molecule has 1 unspecified atom stereocenters. The van der Waals surface area contributed by atoms with Crippen LogP contribution in [0.3, 0.4) is 0 Å². The zero-order valence-electron chi connectivity index (χ0n) is 8.33. The molecular formula is C10H18O2. The van der Waals surface area contributed by atoms with Crippen molar-refractivity contribution in [3.8, 4) is 0 Å². The van der Waals surface area contributed by atoms with Gasteiger partial charge in [0, 0.05) is 14.2 Å². The third kappa shape index (κ3) is 6.13. The summed E-state index contributed by atoms with van der Waals surface area (Å²) in [5, 5.41) is 0. The fourth-order valence-corrected chi connectivity index (χ4v) is 0.824. The Morgan fingerprint density at radius 2 is 2.08 bits per heavy atom. The van der Waals surface area contributed by atoms with E-state index in [1.807, 2.05) is 26.0 Å². The Kier molecular flexibility index (Phi) is 6.72. The van der Waals surface area contributed by atoms with Crippen LogP contribution in [0.5, 0.6) is 0 Å². The summed E-state index contributed by atoms with van der Waals surface area (Å²) in [5.74, 6) is 0. The van der Waals surface area contributed by atoms with Crippen LogP contribution in [0.2, 0.25) is 0 Å². The summed E-state index contributed by atoms with van der Waals surface area (Å²) in [6.45, 7) is 4.71. The lowest BCUT2D eigenvalue weighted by Crippen LogP contribution is -1.99. The van der Waals surface area contributed by atoms with Crippen molar-refractivity contribution < 1.29 is 9.47 Å². The fraction of sp³-hybridized carbons (Fsp3) is 0.600. The van der Waals surface area contributed by atoms with Gasteiger partial charge < -0.3 is 9.47 Å². The van der Waals surface area contributed by atoms with Crippen LogP contribution in [0.25, 0.3) is 0 Å². The number of ether oxygens (including phenoxy) is 2. The van der Waals surface area contributed by atoms with E-state index in [9.17, 15) is 0 Å². The Labute approximate surface area is 74.9 Å². The van der Waals surface area contributed by atoms with Crippen LogP contribution in [0.4, 0.5) is 0 Å². The second-order valence-electron chi connectivity index (χ2n) is 2.71. The first-order valence-electron chi connectivity index (χ1n) is 4.07. The van der Waals surface area contributed by atoms with Crippen molar-refractivity contribution in [3.05, 3.63) is 23.8 Å². The highest BCUT2D eigenvalue weighted by Crippen LogP contribution is 1.99. The number of rotatable bonds is 5. The van der Waals surface area contributed by atoms with Crippen molar-refractivity contribution in [2.24, 2.45) is 0 Å². The molecule has 0 radical (unpaired) electrons. The third-order valence-corrected chi connectivity index (χ3v) is 1.51. The van der Waals surface area contributed by atoms with E-state index in [1.54, 1.807) is 14.2 Å².